The van der Waals surface area contributed by atoms with Gasteiger partial charge in [0.05, 0.1) is 82.6 Å². The average molecular weight is 1980 g/mol. The van der Waals surface area contributed by atoms with Crippen LogP contribution in [0.15, 0.2) is 314 Å². The van der Waals surface area contributed by atoms with Gasteiger partial charge in [-0.3, -0.25) is 13.2 Å². The van der Waals surface area contributed by atoms with E-state index in [0.29, 0.717) is 82.6 Å². The van der Waals surface area contributed by atoms with E-state index >= 15 is 0 Å². The van der Waals surface area contributed by atoms with Crippen LogP contribution in [-0.2, 0) is 34.4 Å². The van der Waals surface area contributed by atoms with E-state index in [1.807, 2.05) is 199 Å². The van der Waals surface area contributed by atoms with E-state index < -0.39 is 83.8 Å². The number of pyridine rings is 1. The standard InChI is InChI=1S/C44H39N5O.C44H37N3O2.C43H36N4OS/c1-26-20-21-28(38-31(43(3,4)5)22-23-32-40(38)50-37-19-13-8-14-30(37)44(32,6)7)24-29(26)39-27(2)25-45-41(47-39)49-36-18-12-11-17-35(36)48-34-16-10-9-15-33(34)46-42(48)49;1-7-28-20-23-36-42(49-43-46-33-13-9-10-14-35(33)47(36)43)39(28)29-19-16-25(2)30(24-29)40-27(4)18-22-34(45-40)38-26(3)17-21-32-41(38)48-37-15-11-8-12-31(37)44(32,5)6;1-7-27-19-21-34-40(49-42-45-32-13-9-10-14-33(32)47(34)42)37(27)41-44-23-26(4)38(46-41)29-22-28(18-16-24(29)2)36-25(3)17-20-31-39(36)48-35-15-11-8-12-30(35)43(31,5)6/h8-25H,1-7H3;8-24H,7H2,1-6H3;8-23H,7H2,1-6H3/i1D3,2D3;2*2D3,3D3,4D3,7D2. The summed E-state index contributed by atoms with van der Waals surface area (Å²) in [5.74, 6) is 3.96. The van der Waals surface area contributed by atoms with Crippen molar-refractivity contribution in [3.63, 3.8) is 0 Å². The van der Waals surface area contributed by atoms with E-state index in [1.54, 1.807) is 71.3 Å². The lowest BCUT2D eigenvalue weighted by molar-refractivity contribution is 0.417. The number of hydrogen-bond acceptors (Lipinski definition) is 13. The average Bonchev–Trinajstić information content (AvgIpc) is 1.71. The van der Waals surface area contributed by atoms with Crippen molar-refractivity contribution < 1.29 is 57.0 Å². The zero-order chi connectivity index (χ0) is 125. The highest BCUT2D eigenvalue weighted by molar-refractivity contribution is 7.24. The van der Waals surface area contributed by atoms with E-state index in [0.717, 1.165) is 83.9 Å². The molecule has 9 aromatic heterocycles. The zero-order valence-corrected chi connectivity index (χ0v) is 83.2. The fourth-order valence-electron chi connectivity index (χ4n) is 21.8. The Hall–Kier alpha value is -16.8. The van der Waals surface area contributed by atoms with Gasteiger partial charge in [-0.1, -0.05) is 282 Å². The molecule has 0 N–H and O–H groups in total. The lowest BCUT2D eigenvalue weighted by Gasteiger charge is -2.37. The Morgan fingerprint density at radius 3 is 1.35 bits per heavy atom. The minimum absolute atomic E-state index is 0.00344. The molecule has 0 bridgehead atoms. The zero-order valence-electron chi connectivity index (χ0n) is 110. The summed E-state index contributed by atoms with van der Waals surface area (Å²) >= 11 is 1.31. The minimum Gasteiger partial charge on any atom is -0.456 e. The van der Waals surface area contributed by atoms with Gasteiger partial charge < -0.3 is 18.6 Å². The van der Waals surface area contributed by atoms with Gasteiger partial charge in [0.1, 0.15) is 34.5 Å². The van der Waals surface area contributed by atoms with Crippen LogP contribution in [0.4, 0.5) is 0 Å². The number of oxazole rings is 1. The number of hydrogen-bond donors (Lipinski definition) is 0. The van der Waals surface area contributed by atoms with E-state index in [-0.39, 0.29) is 152 Å². The van der Waals surface area contributed by atoms with Crippen molar-refractivity contribution in [1.29, 1.82) is 0 Å². The summed E-state index contributed by atoms with van der Waals surface area (Å²) in [4.78, 5) is 39.0. The maximum atomic E-state index is 8.86. The molecule has 27 rings (SSSR count). The van der Waals surface area contributed by atoms with Crippen molar-refractivity contribution >= 4 is 93.4 Å². The van der Waals surface area contributed by atoms with Crippen LogP contribution in [0.3, 0.4) is 0 Å². The van der Waals surface area contributed by atoms with Gasteiger partial charge in [0.25, 0.3) is 0 Å². The molecule has 0 atom stereocenters. The fourth-order valence-corrected chi connectivity index (χ4v) is 23.0. The molecule has 0 saturated heterocycles. The van der Waals surface area contributed by atoms with Gasteiger partial charge in [0.2, 0.25) is 11.7 Å². The first-order valence-corrected chi connectivity index (χ1v) is 49.5. The summed E-state index contributed by atoms with van der Waals surface area (Å²) < 4.78 is 276. The molecule has 0 saturated carbocycles. The van der Waals surface area contributed by atoms with Crippen LogP contribution in [-0.4, -0.2) is 57.6 Å². The summed E-state index contributed by atoms with van der Waals surface area (Å²) in [6.45, 7) is -0.198. The molecule has 17 heteroatoms. The van der Waals surface area contributed by atoms with Gasteiger partial charge in [-0.15, -0.1) is 0 Å². The van der Waals surface area contributed by atoms with Crippen LogP contribution in [0.25, 0.3) is 178 Å². The molecule has 3 aliphatic heterocycles. The van der Waals surface area contributed by atoms with E-state index in [9.17, 15) is 0 Å². The number of nitrogens with zero attached hydrogens (tertiary/aromatic N) is 12. The Morgan fingerprint density at radius 1 is 0.345 bits per heavy atom. The molecule has 15 aromatic carbocycles. The number of thiazole rings is 1. The van der Waals surface area contributed by atoms with Crippen molar-refractivity contribution in [2.24, 2.45) is 0 Å². The predicted octanol–water partition coefficient (Wildman–Crippen LogP) is 33.9. The van der Waals surface area contributed by atoms with Crippen molar-refractivity contribution in [3.8, 4) is 130 Å². The maximum Gasteiger partial charge on any atom is 0.307 e. The molecule has 0 radical (unpaired) electrons. The number of imidazole rings is 4. The van der Waals surface area contributed by atoms with Crippen molar-refractivity contribution in [2.75, 3.05) is 0 Å². The Kier molecular flexibility index (Phi) is 15.6. The van der Waals surface area contributed by atoms with E-state index in [2.05, 4.69) is 67.8 Å². The number of aryl methyl sites for hydroxylation is 10. The topological polar surface area (TPSA) is 162 Å². The normalized spacial score (nSPS) is 17.3. The third-order valence-corrected chi connectivity index (χ3v) is 30.4. The quantitative estimate of drug-likeness (QED) is 0.121. The number of benzene rings is 15. The van der Waals surface area contributed by atoms with Crippen LogP contribution < -0.4 is 14.2 Å². The Morgan fingerprint density at radius 2 is 0.784 bits per heavy atom. The Bertz CT molecular complexity index is 10500. The Labute approximate surface area is 903 Å². The van der Waals surface area contributed by atoms with Crippen LogP contribution in [0.1, 0.15) is 209 Å². The number of rotatable bonds is 11. The molecule has 0 aliphatic carbocycles. The SMILES string of the molecule is [2H]C([2H])([2H])c1ccc(-c2c(C(C)(C)C)ccc3c2Oc2ccccc2C3(C)C)cc1-c1nc(-n2c3ccccc3n3c4ccccc4nc23)ncc1C([2H])([2H])[2H].[2H]C([2H])([2H])c1ccc(-c2c(C([2H])([2H])C)ccc3c2oc2nc4ccccc4n23)cc1-c1nc(-c2c(C([2H])([2H])[2H])ccc3c2Oc2ccccc2C3(C)C)ccc1C([2H])([2H])[2H].[2H]C([2H])([2H])c1ccc(-c2c(C([2H])([2H])[2H])ccc3c2Oc2ccccc2C3(C)C)cc1-c1nc(-c2c(C([2H])([2H])C)ccc3c2sc2nc4ccccc4n23)ncc1C([2H])([2H])[2H]. The molecule has 0 unspecified atom stereocenters. The largest absolute Gasteiger partial charge is 0.456 e. The van der Waals surface area contributed by atoms with Crippen LogP contribution in [0, 0.1) is 54.8 Å². The van der Waals surface area contributed by atoms with Crippen molar-refractivity contribution in [2.45, 2.75) is 165 Å². The summed E-state index contributed by atoms with van der Waals surface area (Å²) in [6, 6.07) is 87.9. The van der Waals surface area contributed by atoms with Crippen molar-refractivity contribution in [1.82, 2.24) is 57.6 Å². The number of para-hydroxylation sites is 11. The highest BCUT2D eigenvalue weighted by Gasteiger charge is 2.42. The molecule has 24 aromatic rings. The lowest BCUT2D eigenvalue weighted by atomic mass is 9.72. The van der Waals surface area contributed by atoms with Crippen LogP contribution in [0.5, 0.6) is 34.5 Å². The van der Waals surface area contributed by atoms with Crippen molar-refractivity contribution in [3.05, 3.63) is 404 Å². The molecule has 148 heavy (non-hydrogen) atoms. The predicted molar refractivity (Wildman–Crippen MR) is 604 cm³/mol. The highest BCUT2D eigenvalue weighted by Crippen LogP contribution is 2.58. The second kappa shape index (κ2) is 34.7. The first kappa shape index (κ1) is 66.3. The van der Waals surface area contributed by atoms with Gasteiger partial charge in [-0.05, 0) is 254 Å². The Balaban J connectivity index is 0.000000131. The third kappa shape index (κ3) is 14.6. The number of fused-ring (bicyclic) bond motifs is 21. The summed E-state index contributed by atoms with van der Waals surface area (Å²) in [5, 5.41) is 0. The van der Waals surface area contributed by atoms with Gasteiger partial charge in [0.15, 0.2) is 16.4 Å². The van der Waals surface area contributed by atoms with Gasteiger partial charge in [-0.2, -0.15) is 4.98 Å². The molecule has 3 aliphatic rings. The fraction of sp³-hybridized carbons (Fsp3) is 0.191. The number of ether oxygens (including phenoxy) is 3. The molecule has 0 spiro atoms. The molecule has 12 heterocycles. The second-order valence-corrected chi connectivity index (χ2v) is 41.1. The first-order chi connectivity index (χ1) is 82.5. The van der Waals surface area contributed by atoms with Crippen LogP contribution in [0.2, 0.25) is 0 Å². The molecule has 16 nitrogen and oxygen atoms in total. The number of aromatic nitrogens is 12. The highest BCUT2D eigenvalue weighted by atomic mass is 32.1. The maximum absolute atomic E-state index is 8.86. The monoisotopic (exact) mass is 1980 g/mol. The summed E-state index contributed by atoms with van der Waals surface area (Å²) in [7, 11) is 0. The second-order valence-electron chi connectivity index (χ2n) is 40.1. The first-order valence-electron chi connectivity index (χ1n) is 62.7. The summed E-state index contributed by atoms with van der Waals surface area (Å²) in [5.41, 5.74) is 14.0. The van der Waals surface area contributed by atoms with E-state index in [1.165, 1.54) is 86.0 Å². The van der Waals surface area contributed by atoms with Gasteiger partial charge in [0, 0.05) is 145 Å². The minimum atomic E-state index is -2.83. The summed E-state index contributed by atoms with van der Waals surface area (Å²) in [6.07, 6.45) is -1.40. The smallest absolute Gasteiger partial charge is 0.307 e. The third-order valence-electron chi connectivity index (χ3n) is 29.3. The molecular formula is C131H112N12O4S. The molecule has 0 fully saturated rings. The van der Waals surface area contributed by atoms with Crippen LogP contribution >= 0.6 is 11.3 Å². The van der Waals surface area contributed by atoms with E-state index in [4.69, 9.17) is 81.9 Å². The van der Waals surface area contributed by atoms with Gasteiger partial charge in [-0.25, -0.2) is 39.5 Å². The lowest BCUT2D eigenvalue weighted by Crippen LogP contribution is -2.26. The molecular weight excluding hydrogens is 1840 g/mol. The molecule has 726 valence electrons. The van der Waals surface area contributed by atoms with Gasteiger partial charge >= 0.3 is 5.84 Å². The molecule has 0 amide bonds.